The van der Waals surface area contributed by atoms with E-state index in [9.17, 15) is 0 Å². The quantitative estimate of drug-likeness (QED) is 0.485. The van der Waals surface area contributed by atoms with Gasteiger partial charge in [0.1, 0.15) is 12.4 Å². The molecule has 4 heteroatoms. The van der Waals surface area contributed by atoms with Gasteiger partial charge in [-0.3, -0.25) is 5.43 Å². The molecular weight excluding hydrogens is 320 g/mol. The molecule has 0 aliphatic heterocycles. The van der Waals surface area contributed by atoms with Crippen LogP contribution in [0.3, 0.4) is 0 Å². The van der Waals surface area contributed by atoms with Crippen molar-refractivity contribution in [1.29, 1.82) is 0 Å². The fraction of sp³-hybridized carbons (Fsp3) is 0.0500. The van der Waals surface area contributed by atoms with E-state index in [1.54, 1.807) is 6.21 Å². The number of para-hydroxylation sites is 1. The molecule has 0 saturated heterocycles. The average molecular weight is 337 g/mol. The van der Waals surface area contributed by atoms with Gasteiger partial charge in [-0.2, -0.15) is 5.10 Å². The molecule has 0 unspecified atom stereocenters. The van der Waals surface area contributed by atoms with E-state index in [4.69, 9.17) is 16.3 Å². The first-order valence-corrected chi connectivity index (χ1v) is 7.99. The van der Waals surface area contributed by atoms with Crippen LogP contribution in [0.25, 0.3) is 0 Å². The minimum Gasteiger partial charge on any atom is -0.488 e. The molecule has 3 nitrogen and oxygen atoms in total. The smallest absolute Gasteiger partial charge is 0.128 e. The molecule has 0 radical (unpaired) electrons. The van der Waals surface area contributed by atoms with Gasteiger partial charge in [-0.05, 0) is 42.0 Å². The normalized spacial score (nSPS) is 10.7. The van der Waals surface area contributed by atoms with Crippen LogP contribution in [0.5, 0.6) is 5.75 Å². The number of ether oxygens (including phenoxy) is 1. The summed E-state index contributed by atoms with van der Waals surface area (Å²) in [6.45, 7) is 0.524. The lowest BCUT2D eigenvalue weighted by Gasteiger charge is -2.09. The fourth-order valence-corrected chi connectivity index (χ4v) is 2.28. The largest absolute Gasteiger partial charge is 0.488 e. The van der Waals surface area contributed by atoms with E-state index in [1.165, 1.54) is 0 Å². The van der Waals surface area contributed by atoms with Crippen molar-refractivity contribution in [2.75, 3.05) is 5.43 Å². The molecule has 0 fully saturated rings. The Bertz CT molecular complexity index is 801. The van der Waals surface area contributed by atoms with Gasteiger partial charge in [0.15, 0.2) is 0 Å². The maximum absolute atomic E-state index is 5.91. The Balaban J connectivity index is 1.65. The SMILES string of the molecule is Clc1ccc(N/N=C/c2ccccc2OCc2ccccc2)cc1. The first-order valence-electron chi connectivity index (χ1n) is 7.62. The number of halogens is 1. The molecule has 0 aromatic heterocycles. The predicted molar refractivity (Wildman–Crippen MR) is 99.9 cm³/mol. The molecule has 0 saturated carbocycles. The number of hydrogen-bond donors (Lipinski definition) is 1. The van der Waals surface area contributed by atoms with E-state index < -0.39 is 0 Å². The summed E-state index contributed by atoms with van der Waals surface area (Å²) in [5.41, 5.74) is 5.89. The van der Waals surface area contributed by atoms with Crippen LogP contribution in [0.2, 0.25) is 5.02 Å². The number of rotatable bonds is 6. The number of benzene rings is 3. The van der Waals surface area contributed by atoms with Crippen molar-refractivity contribution in [2.24, 2.45) is 5.10 Å². The first kappa shape index (κ1) is 16.1. The molecule has 0 heterocycles. The zero-order valence-electron chi connectivity index (χ0n) is 13.0. The van der Waals surface area contributed by atoms with Crippen molar-refractivity contribution in [3.63, 3.8) is 0 Å². The maximum atomic E-state index is 5.91. The molecule has 3 aromatic rings. The van der Waals surface area contributed by atoms with Crippen LogP contribution in [0.1, 0.15) is 11.1 Å². The molecule has 0 amide bonds. The molecule has 0 atom stereocenters. The van der Waals surface area contributed by atoms with Gasteiger partial charge in [0.25, 0.3) is 0 Å². The molecule has 3 aromatic carbocycles. The van der Waals surface area contributed by atoms with Crippen molar-refractivity contribution in [3.8, 4) is 5.75 Å². The Morgan fingerprint density at radius 1 is 0.875 bits per heavy atom. The summed E-state index contributed by atoms with van der Waals surface area (Å²) in [6.07, 6.45) is 1.74. The highest BCUT2D eigenvalue weighted by atomic mass is 35.5. The Kier molecular flexibility index (Phi) is 5.48. The third-order valence-corrected chi connectivity index (χ3v) is 3.65. The molecule has 0 aliphatic rings. The Hall–Kier alpha value is -2.78. The molecule has 0 bridgehead atoms. The zero-order valence-corrected chi connectivity index (χ0v) is 13.8. The number of nitrogens with one attached hydrogen (secondary N) is 1. The van der Waals surface area contributed by atoms with Crippen molar-refractivity contribution in [2.45, 2.75) is 6.61 Å². The van der Waals surface area contributed by atoms with Gasteiger partial charge in [0.05, 0.1) is 11.9 Å². The van der Waals surface area contributed by atoms with Crippen LogP contribution in [0.15, 0.2) is 84.0 Å². The zero-order chi connectivity index (χ0) is 16.6. The molecule has 0 spiro atoms. The van der Waals surface area contributed by atoms with E-state index in [1.807, 2.05) is 78.9 Å². The summed E-state index contributed by atoms with van der Waals surface area (Å²) >= 11 is 5.86. The van der Waals surface area contributed by atoms with Crippen LogP contribution < -0.4 is 10.2 Å². The lowest BCUT2D eigenvalue weighted by molar-refractivity contribution is 0.306. The molecule has 120 valence electrons. The van der Waals surface area contributed by atoms with Crippen LogP contribution >= 0.6 is 11.6 Å². The van der Waals surface area contributed by atoms with Gasteiger partial charge < -0.3 is 4.74 Å². The van der Waals surface area contributed by atoms with Crippen molar-refractivity contribution in [1.82, 2.24) is 0 Å². The second-order valence-electron chi connectivity index (χ2n) is 5.19. The molecule has 0 aliphatic carbocycles. The summed E-state index contributed by atoms with van der Waals surface area (Å²) in [7, 11) is 0. The Morgan fingerprint density at radius 3 is 2.38 bits per heavy atom. The van der Waals surface area contributed by atoms with Crippen LogP contribution in [-0.4, -0.2) is 6.21 Å². The monoisotopic (exact) mass is 336 g/mol. The van der Waals surface area contributed by atoms with Gasteiger partial charge in [-0.1, -0.05) is 54.1 Å². The van der Waals surface area contributed by atoms with E-state index in [-0.39, 0.29) is 0 Å². The van der Waals surface area contributed by atoms with E-state index in [0.29, 0.717) is 11.6 Å². The summed E-state index contributed by atoms with van der Waals surface area (Å²) in [5, 5.41) is 4.96. The summed E-state index contributed by atoms with van der Waals surface area (Å²) in [4.78, 5) is 0. The summed E-state index contributed by atoms with van der Waals surface area (Å²) in [6, 6.07) is 25.3. The van der Waals surface area contributed by atoms with Gasteiger partial charge in [-0.25, -0.2) is 0 Å². The lowest BCUT2D eigenvalue weighted by Crippen LogP contribution is -1.99. The number of anilines is 1. The van der Waals surface area contributed by atoms with Crippen LogP contribution in [-0.2, 0) is 6.61 Å². The van der Waals surface area contributed by atoms with E-state index in [2.05, 4.69) is 10.5 Å². The lowest BCUT2D eigenvalue weighted by atomic mass is 10.2. The third kappa shape index (κ3) is 4.61. The Morgan fingerprint density at radius 2 is 1.58 bits per heavy atom. The maximum Gasteiger partial charge on any atom is 0.128 e. The highest BCUT2D eigenvalue weighted by molar-refractivity contribution is 6.30. The van der Waals surface area contributed by atoms with Crippen molar-refractivity contribution >= 4 is 23.5 Å². The van der Waals surface area contributed by atoms with Crippen molar-refractivity contribution < 1.29 is 4.74 Å². The molecule has 24 heavy (non-hydrogen) atoms. The highest BCUT2D eigenvalue weighted by Gasteiger charge is 2.01. The summed E-state index contributed by atoms with van der Waals surface area (Å²) in [5.74, 6) is 0.794. The Labute approximate surface area is 146 Å². The predicted octanol–water partition coefficient (Wildman–Crippen LogP) is 5.37. The molecular formula is C20H17ClN2O. The summed E-state index contributed by atoms with van der Waals surface area (Å²) < 4.78 is 5.91. The highest BCUT2D eigenvalue weighted by Crippen LogP contribution is 2.18. The topological polar surface area (TPSA) is 33.6 Å². The molecule has 1 N–H and O–H groups in total. The van der Waals surface area contributed by atoms with E-state index >= 15 is 0 Å². The number of hydrogen-bond acceptors (Lipinski definition) is 3. The fourth-order valence-electron chi connectivity index (χ4n) is 2.15. The average Bonchev–Trinajstić information content (AvgIpc) is 2.63. The van der Waals surface area contributed by atoms with E-state index in [0.717, 1.165) is 22.6 Å². The van der Waals surface area contributed by atoms with Gasteiger partial charge in [0, 0.05) is 10.6 Å². The standard InChI is InChI=1S/C20H17ClN2O/c21-18-10-12-19(13-11-18)23-22-14-17-8-4-5-9-20(17)24-15-16-6-2-1-3-7-16/h1-14,23H,15H2/b22-14+. The number of nitrogens with zero attached hydrogens (tertiary/aromatic N) is 1. The van der Waals surface area contributed by atoms with Gasteiger partial charge >= 0.3 is 0 Å². The second kappa shape index (κ2) is 8.18. The minimum atomic E-state index is 0.524. The van der Waals surface area contributed by atoms with Crippen LogP contribution in [0, 0.1) is 0 Å². The first-order chi connectivity index (χ1) is 11.8. The van der Waals surface area contributed by atoms with Gasteiger partial charge in [0.2, 0.25) is 0 Å². The molecule has 3 rings (SSSR count). The van der Waals surface area contributed by atoms with Gasteiger partial charge in [-0.15, -0.1) is 0 Å². The number of hydrazone groups is 1. The minimum absolute atomic E-state index is 0.524. The third-order valence-electron chi connectivity index (χ3n) is 3.40. The second-order valence-corrected chi connectivity index (χ2v) is 5.63. The van der Waals surface area contributed by atoms with Crippen molar-refractivity contribution in [3.05, 3.63) is 95.0 Å². The van der Waals surface area contributed by atoms with Crippen LogP contribution in [0.4, 0.5) is 5.69 Å².